The number of anilines is 1. The van der Waals surface area contributed by atoms with Crippen LogP contribution in [0.15, 0.2) is 42.6 Å². The Kier molecular flexibility index (Phi) is 4.62. The van der Waals surface area contributed by atoms with E-state index < -0.39 is 5.97 Å². The number of allylic oxidation sites excluding steroid dienone is 3. The number of rotatable bonds is 4. The van der Waals surface area contributed by atoms with Gasteiger partial charge >= 0.3 is 5.97 Å². The second-order valence-corrected chi connectivity index (χ2v) is 3.11. The van der Waals surface area contributed by atoms with Crippen LogP contribution in [-0.2, 0) is 4.79 Å². The average Bonchev–Trinajstić information content (AvgIpc) is 2.30. The number of carboxylic acid groups (broad SMARTS) is 1. The summed E-state index contributed by atoms with van der Waals surface area (Å²) in [5, 5.41) is 11.2. The van der Waals surface area contributed by atoms with Gasteiger partial charge in [0.15, 0.2) is 0 Å². The Hall–Kier alpha value is -2.43. The highest BCUT2D eigenvalue weighted by molar-refractivity contribution is 5.99. The second kappa shape index (κ2) is 6.22. The molecule has 0 aliphatic carbocycles. The van der Waals surface area contributed by atoms with E-state index in [2.05, 4.69) is 10.3 Å². The third-order valence-corrected chi connectivity index (χ3v) is 1.80. The maximum atomic E-state index is 11.3. The summed E-state index contributed by atoms with van der Waals surface area (Å²) in [5.41, 5.74) is 0.387. The van der Waals surface area contributed by atoms with Gasteiger partial charge in [-0.05, 0) is 19.1 Å². The number of amides is 1. The molecule has 2 N–H and O–H groups in total. The van der Waals surface area contributed by atoms with E-state index in [0.29, 0.717) is 5.69 Å². The predicted octanol–water partition coefficient (Wildman–Crippen LogP) is 1.85. The van der Waals surface area contributed by atoms with Gasteiger partial charge in [-0.3, -0.25) is 4.79 Å². The van der Waals surface area contributed by atoms with Crippen LogP contribution in [0.5, 0.6) is 0 Å². The highest BCUT2D eigenvalue weighted by Crippen LogP contribution is 2.06. The Morgan fingerprint density at radius 3 is 2.65 bits per heavy atom. The normalized spacial score (nSPS) is 10.9. The molecule has 17 heavy (non-hydrogen) atoms. The van der Waals surface area contributed by atoms with Gasteiger partial charge in [-0.15, -0.1) is 0 Å². The Morgan fingerprint density at radius 2 is 2.12 bits per heavy atom. The third kappa shape index (κ3) is 4.29. The molecular formula is C12H12N2O3. The van der Waals surface area contributed by atoms with Crippen LogP contribution in [0.1, 0.15) is 17.4 Å². The summed E-state index contributed by atoms with van der Waals surface area (Å²) in [5.74, 6) is -1.40. The molecule has 0 radical (unpaired) electrons. The molecule has 0 aliphatic rings. The number of carboxylic acids is 1. The van der Waals surface area contributed by atoms with Crippen LogP contribution >= 0.6 is 0 Å². The SMILES string of the molecule is CC=CC=CC(=O)Nc1ccc(C(=O)O)nc1. The highest BCUT2D eigenvalue weighted by Gasteiger charge is 2.04. The zero-order chi connectivity index (χ0) is 12.7. The molecule has 1 rings (SSSR count). The monoisotopic (exact) mass is 232 g/mol. The number of carbonyl (C=O) groups excluding carboxylic acids is 1. The molecule has 5 nitrogen and oxygen atoms in total. The molecule has 0 saturated carbocycles. The summed E-state index contributed by atoms with van der Waals surface area (Å²) in [6.07, 6.45) is 7.79. The van der Waals surface area contributed by atoms with E-state index in [-0.39, 0.29) is 11.6 Å². The standard InChI is InChI=1S/C12H12N2O3/c1-2-3-4-5-11(15)14-9-6-7-10(12(16)17)13-8-9/h2-8H,1H3,(H,14,15)(H,16,17). The summed E-state index contributed by atoms with van der Waals surface area (Å²) in [6.45, 7) is 1.84. The van der Waals surface area contributed by atoms with E-state index >= 15 is 0 Å². The molecule has 1 aromatic rings. The topological polar surface area (TPSA) is 79.3 Å². The second-order valence-electron chi connectivity index (χ2n) is 3.11. The lowest BCUT2D eigenvalue weighted by Crippen LogP contribution is -2.08. The maximum Gasteiger partial charge on any atom is 0.354 e. The summed E-state index contributed by atoms with van der Waals surface area (Å²) in [7, 11) is 0. The molecule has 0 fully saturated rings. The largest absolute Gasteiger partial charge is 0.477 e. The van der Waals surface area contributed by atoms with Crippen molar-refractivity contribution in [2.45, 2.75) is 6.92 Å². The fourth-order valence-corrected chi connectivity index (χ4v) is 1.03. The van der Waals surface area contributed by atoms with Crippen molar-refractivity contribution in [1.82, 2.24) is 4.98 Å². The molecule has 0 bridgehead atoms. The zero-order valence-corrected chi connectivity index (χ0v) is 9.25. The summed E-state index contributed by atoms with van der Waals surface area (Å²) < 4.78 is 0. The van der Waals surface area contributed by atoms with Crippen LogP contribution in [0.3, 0.4) is 0 Å². The molecule has 5 heteroatoms. The van der Waals surface area contributed by atoms with Crippen LogP contribution in [0.4, 0.5) is 5.69 Å². The first-order chi connectivity index (χ1) is 8.13. The molecular weight excluding hydrogens is 220 g/mol. The van der Waals surface area contributed by atoms with E-state index in [1.165, 1.54) is 24.4 Å². The van der Waals surface area contributed by atoms with Gasteiger partial charge in [-0.1, -0.05) is 18.2 Å². The molecule has 0 atom stereocenters. The first-order valence-electron chi connectivity index (χ1n) is 4.93. The lowest BCUT2D eigenvalue weighted by atomic mass is 10.3. The molecule has 1 amide bonds. The zero-order valence-electron chi connectivity index (χ0n) is 9.25. The van der Waals surface area contributed by atoms with Crippen molar-refractivity contribution in [3.05, 3.63) is 48.3 Å². The number of nitrogens with zero attached hydrogens (tertiary/aromatic N) is 1. The Morgan fingerprint density at radius 1 is 1.35 bits per heavy atom. The molecule has 0 aromatic carbocycles. The lowest BCUT2D eigenvalue weighted by Gasteiger charge is -2.01. The maximum absolute atomic E-state index is 11.3. The number of hydrogen-bond donors (Lipinski definition) is 2. The summed E-state index contributed by atoms with van der Waals surface area (Å²) >= 11 is 0. The van der Waals surface area contributed by atoms with Crippen molar-refractivity contribution in [2.24, 2.45) is 0 Å². The Balaban J connectivity index is 2.63. The van der Waals surface area contributed by atoms with Gasteiger partial charge < -0.3 is 10.4 Å². The molecule has 1 aromatic heterocycles. The van der Waals surface area contributed by atoms with Crippen molar-refractivity contribution >= 4 is 17.6 Å². The van der Waals surface area contributed by atoms with Crippen molar-refractivity contribution in [3.8, 4) is 0 Å². The average molecular weight is 232 g/mol. The number of aromatic nitrogens is 1. The number of carbonyl (C=O) groups is 2. The minimum Gasteiger partial charge on any atom is -0.477 e. The van der Waals surface area contributed by atoms with Crippen molar-refractivity contribution < 1.29 is 14.7 Å². The van der Waals surface area contributed by atoms with E-state index in [1.807, 2.05) is 6.92 Å². The van der Waals surface area contributed by atoms with Crippen LogP contribution in [0.2, 0.25) is 0 Å². The number of pyridine rings is 1. The van der Waals surface area contributed by atoms with Crippen LogP contribution in [0, 0.1) is 0 Å². The van der Waals surface area contributed by atoms with Crippen LogP contribution in [-0.4, -0.2) is 22.0 Å². The minimum atomic E-state index is -1.10. The van der Waals surface area contributed by atoms with E-state index in [9.17, 15) is 9.59 Å². The Labute approximate surface area is 98.5 Å². The highest BCUT2D eigenvalue weighted by atomic mass is 16.4. The molecule has 0 saturated heterocycles. The summed E-state index contributed by atoms with van der Waals surface area (Å²) in [6, 6.07) is 2.81. The van der Waals surface area contributed by atoms with Crippen molar-refractivity contribution in [1.29, 1.82) is 0 Å². The van der Waals surface area contributed by atoms with Gasteiger partial charge in [-0.25, -0.2) is 9.78 Å². The van der Waals surface area contributed by atoms with E-state index in [1.54, 1.807) is 18.2 Å². The summed E-state index contributed by atoms with van der Waals surface area (Å²) in [4.78, 5) is 25.5. The number of hydrogen-bond acceptors (Lipinski definition) is 3. The first kappa shape index (κ1) is 12.6. The van der Waals surface area contributed by atoms with Gasteiger partial charge in [-0.2, -0.15) is 0 Å². The molecule has 88 valence electrons. The predicted molar refractivity (Wildman–Crippen MR) is 63.8 cm³/mol. The van der Waals surface area contributed by atoms with Gasteiger partial charge in [0, 0.05) is 6.08 Å². The fraction of sp³-hybridized carbons (Fsp3) is 0.0833. The fourth-order valence-electron chi connectivity index (χ4n) is 1.03. The third-order valence-electron chi connectivity index (χ3n) is 1.80. The molecule has 0 aliphatic heterocycles. The minimum absolute atomic E-state index is 0.0625. The van der Waals surface area contributed by atoms with Crippen molar-refractivity contribution in [2.75, 3.05) is 5.32 Å². The smallest absolute Gasteiger partial charge is 0.354 e. The van der Waals surface area contributed by atoms with E-state index in [4.69, 9.17) is 5.11 Å². The van der Waals surface area contributed by atoms with Crippen LogP contribution < -0.4 is 5.32 Å². The molecule has 1 heterocycles. The molecule has 0 spiro atoms. The van der Waals surface area contributed by atoms with Crippen molar-refractivity contribution in [3.63, 3.8) is 0 Å². The van der Waals surface area contributed by atoms with Gasteiger partial charge in [0.2, 0.25) is 5.91 Å². The van der Waals surface area contributed by atoms with Gasteiger partial charge in [0.25, 0.3) is 0 Å². The van der Waals surface area contributed by atoms with Gasteiger partial charge in [0.1, 0.15) is 5.69 Å². The number of nitrogens with one attached hydrogen (secondary N) is 1. The quantitative estimate of drug-likeness (QED) is 0.613. The Bertz CT molecular complexity index is 461. The van der Waals surface area contributed by atoms with E-state index in [0.717, 1.165) is 0 Å². The number of aromatic carboxylic acids is 1. The van der Waals surface area contributed by atoms with Gasteiger partial charge in [0.05, 0.1) is 11.9 Å². The lowest BCUT2D eigenvalue weighted by molar-refractivity contribution is -0.111. The first-order valence-corrected chi connectivity index (χ1v) is 4.93. The molecule has 0 unspecified atom stereocenters. The van der Waals surface area contributed by atoms with Crippen LogP contribution in [0.25, 0.3) is 0 Å².